The summed E-state index contributed by atoms with van der Waals surface area (Å²) in [5.74, 6) is 1.03. The van der Waals surface area contributed by atoms with Gasteiger partial charge < -0.3 is 15.5 Å². The van der Waals surface area contributed by atoms with Crippen molar-refractivity contribution in [3.8, 4) is 0 Å². The van der Waals surface area contributed by atoms with Crippen molar-refractivity contribution in [2.75, 3.05) is 20.1 Å². The van der Waals surface area contributed by atoms with Crippen molar-refractivity contribution < 1.29 is 4.79 Å². The Morgan fingerprint density at radius 3 is 2.62 bits per heavy atom. The van der Waals surface area contributed by atoms with E-state index in [1.165, 1.54) is 16.0 Å². The van der Waals surface area contributed by atoms with Crippen molar-refractivity contribution in [2.24, 2.45) is 4.99 Å². The third kappa shape index (κ3) is 6.67. The molecule has 158 valence electrons. The first-order chi connectivity index (χ1) is 13.6. The van der Waals surface area contributed by atoms with Crippen molar-refractivity contribution in [3.05, 3.63) is 51.0 Å². The van der Waals surface area contributed by atoms with Crippen molar-refractivity contribution in [2.45, 2.75) is 46.2 Å². The summed E-state index contributed by atoms with van der Waals surface area (Å²) in [5.41, 5.74) is 3.50. The SMILES string of the molecule is CN=C(NCCc1nc(C)c(C)s1)NCc1ccccc1CN1CCCC1=O.I. The van der Waals surface area contributed by atoms with E-state index in [0.717, 1.165) is 42.6 Å². The number of benzene rings is 1. The molecule has 3 rings (SSSR count). The summed E-state index contributed by atoms with van der Waals surface area (Å²) < 4.78 is 0. The molecule has 1 amide bonds. The van der Waals surface area contributed by atoms with Crippen LogP contribution < -0.4 is 10.6 Å². The van der Waals surface area contributed by atoms with Gasteiger partial charge in [0.25, 0.3) is 0 Å². The average Bonchev–Trinajstić information content (AvgIpc) is 3.24. The molecule has 1 saturated heterocycles. The number of halogens is 1. The van der Waals surface area contributed by atoms with Gasteiger partial charge in [-0.3, -0.25) is 9.79 Å². The second kappa shape index (κ2) is 11.5. The average molecular weight is 527 g/mol. The van der Waals surface area contributed by atoms with Crippen molar-refractivity contribution in [3.63, 3.8) is 0 Å². The highest BCUT2D eigenvalue weighted by Crippen LogP contribution is 2.18. The number of aromatic nitrogens is 1. The molecule has 6 nitrogen and oxygen atoms in total. The third-order valence-electron chi connectivity index (χ3n) is 5.02. The third-order valence-corrected chi connectivity index (χ3v) is 6.16. The highest BCUT2D eigenvalue weighted by atomic mass is 127. The summed E-state index contributed by atoms with van der Waals surface area (Å²) in [4.78, 5) is 24.1. The van der Waals surface area contributed by atoms with E-state index in [0.29, 0.717) is 19.5 Å². The van der Waals surface area contributed by atoms with Crippen LogP contribution in [0.5, 0.6) is 0 Å². The van der Waals surface area contributed by atoms with Crippen molar-refractivity contribution in [1.29, 1.82) is 0 Å². The number of guanidine groups is 1. The second-order valence-corrected chi connectivity index (χ2v) is 8.33. The van der Waals surface area contributed by atoms with Crippen LogP contribution >= 0.6 is 35.3 Å². The molecule has 1 aromatic carbocycles. The lowest BCUT2D eigenvalue weighted by atomic mass is 10.1. The molecule has 1 aliphatic rings. The van der Waals surface area contributed by atoms with Crippen LogP contribution in [0.25, 0.3) is 0 Å². The highest BCUT2D eigenvalue weighted by molar-refractivity contribution is 14.0. The Bertz CT molecular complexity index is 832. The molecular formula is C21H30IN5OS. The Labute approximate surface area is 194 Å². The van der Waals surface area contributed by atoms with Crippen LogP contribution in [0, 0.1) is 13.8 Å². The molecule has 0 unspecified atom stereocenters. The van der Waals surface area contributed by atoms with Crippen LogP contribution in [0.3, 0.4) is 0 Å². The molecule has 0 bridgehead atoms. The Balaban J connectivity index is 0.00000300. The normalized spacial score (nSPS) is 14.1. The Hall–Kier alpha value is -1.68. The predicted molar refractivity (Wildman–Crippen MR) is 130 cm³/mol. The van der Waals surface area contributed by atoms with Crippen LogP contribution in [0.2, 0.25) is 0 Å². The zero-order valence-electron chi connectivity index (χ0n) is 17.3. The number of likely N-dealkylation sites (tertiary alicyclic amines) is 1. The van der Waals surface area contributed by atoms with Gasteiger partial charge in [0.05, 0.1) is 10.7 Å². The molecule has 0 saturated carbocycles. The Kier molecular flexibility index (Phi) is 9.35. The van der Waals surface area contributed by atoms with Gasteiger partial charge in [-0.25, -0.2) is 4.98 Å². The van der Waals surface area contributed by atoms with E-state index >= 15 is 0 Å². The van der Waals surface area contributed by atoms with E-state index in [-0.39, 0.29) is 29.9 Å². The van der Waals surface area contributed by atoms with E-state index in [9.17, 15) is 4.79 Å². The lowest BCUT2D eigenvalue weighted by Gasteiger charge is -2.19. The summed E-state index contributed by atoms with van der Waals surface area (Å²) in [6.07, 6.45) is 2.52. The number of aryl methyl sites for hydroxylation is 2. The maximum atomic E-state index is 11.9. The zero-order chi connectivity index (χ0) is 19.9. The van der Waals surface area contributed by atoms with Gasteiger partial charge in [0, 0.05) is 50.9 Å². The summed E-state index contributed by atoms with van der Waals surface area (Å²) in [5, 5.41) is 7.89. The van der Waals surface area contributed by atoms with Crippen molar-refractivity contribution >= 4 is 47.2 Å². The molecule has 29 heavy (non-hydrogen) atoms. The lowest BCUT2D eigenvalue weighted by molar-refractivity contribution is -0.128. The maximum absolute atomic E-state index is 11.9. The van der Waals surface area contributed by atoms with Crippen LogP contribution in [0.1, 0.15) is 39.5 Å². The number of hydrogen-bond donors (Lipinski definition) is 2. The minimum Gasteiger partial charge on any atom is -0.356 e. The topological polar surface area (TPSA) is 69.6 Å². The molecule has 1 aliphatic heterocycles. The molecule has 2 aromatic rings. The van der Waals surface area contributed by atoms with Crippen LogP contribution in [-0.2, 0) is 24.3 Å². The predicted octanol–water partition coefficient (Wildman–Crippen LogP) is 3.41. The minimum atomic E-state index is 0. The van der Waals surface area contributed by atoms with Crippen molar-refractivity contribution in [1.82, 2.24) is 20.5 Å². The molecular weight excluding hydrogens is 497 g/mol. The van der Waals surface area contributed by atoms with Crippen LogP contribution in [-0.4, -0.2) is 41.9 Å². The van der Waals surface area contributed by atoms with Gasteiger partial charge in [0.2, 0.25) is 5.91 Å². The fourth-order valence-electron chi connectivity index (χ4n) is 3.29. The largest absolute Gasteiger partial charge is 0.356 e. The quantitative estimate of drug-likeness (QED) is 0.329. The fraction of sp³-hybridized carbons (Fsp3) is 0.476. The molecule has 0 spiro atoms. The first kappa shape index (κ1) is 23.6. The summed E-state index contributed by atoms with van der Waals surface area (Å²) in [6.45, 7) is 7.17. The molecule has 1 aromatic heterocycles. The smallest absolute Gasteiger partial charge is 0.222 e. The molecule has 2 N–H and O–H groups in total. The van der Waals surface area contributed by atoms with E-state index in [4.69, 9.17) is 0 Å². The fourth-order valence-corrected chi connectivity index (χ4v) is 4.23. The van der Waals surface area contributed by atoms with E-state index < -0.39 is 0 Å². The number of nitrogens with zero attached hydrogens (tertiary/aromatic N) is 3. The summed E-state index contributed by atoms with van der Waals surface area (Å²) in [6, 6.07) is 8.28. The van der Waals surface area contributed by atoms with Gasteiger partial charge in [-0.2, -0.15) is 0 Å². The number of rotatable bonds is 7. The molecule has 0 aliphatic carbocycles. The number of nitrogens with one attached hydrogen (secondary N) is 2. The van der Waals surface area contributed by atoms with Crippen LogP contribution in [0.15, 0.2) is 29.3 Å². The molecule has 8 heteroatoms. The summed E-state index contributed by atoms with van der Waals surface area (Å²) >= 11 is 1.76. The van der Waals surface area contributed by atoms with Gasteiger partial charge in [0.15, 0.2) is 5.96 Å². The van der Waals surface area contributed by atoms with Gasteiger partial charge >= 0.3 is 0 Å². The standard InChI is InChI=1S/C21H29N5OS.HI/c1-15-16(2)28-19(25-15)10-11-23-21(22-3)24-13-17-7-4-5-8-18(17)14-26-12-6-9-20(26)27;/h4-5,7-8H,6,9-14H2,1-3H3,(H2,22,23,24);1H. The van der Waals surface area contributed by atoms with Gasteiger partial charge in [-0.05, 0) is 31.4 Å². The highest BCUT2D eigenvalue weighted by Gasteiger charge is 2.20. The molecule has 2 heterocycles. The monoisotopic (exact) mass is 527 g/mol. The molecule has 1 fully saturated rings. The number of carbonyl (C=O) groups is 1. The zero-order valence-corrected chi connectivity index (χ0v) is 20.5. The van der Waals surface area contributed by atoms with Gasteiger partial charge in [-0.15, -0.1) is 35.3 Å². The Morgan fingerprint density at radius 2 is 2.00 bits per heavy atom. The molecule has 0 atom stereocenters. The van der Waals surface area contributed by atoms with E-state index in [1.54, 1.807) is 18.4 Å². The minimum absolute atomic E-state index is 0. The molecule has 0 radical (unpaired) electrons. The Morgan fingerprint density at radius 1 is 1.24 bits per heavy atom. The van der Waals surface area contributed by atoms with Crippen LogP contribution in [0.4, 0.5) is 0 Å². The van der Waals surface area contributed by atoms with E-state index in [2.05, 4.69) is 46.6 Å². The number of hydrogen-bond acceptors (Lipinski definition) is 4. The number of thiazole rings is 1. The number of carbonyl (C=O) groups excluding carboxylic acids is 1. The van der Waals surface area contributed by atoms with E-state index in [1.807, 2.05) is 17.0 Å². The number of aliphatic imine (C=N–C) groups is 1. The van der Waals surface area contributed by atoms with Gasteiger partial charge in [-0.1, -0.05) is 24.3 Å². The maximum Gasteiger partial charge on any atom is 0.222 e. The first-order valence-electron chi connectivity index (χ1n) is 9.79. The summed E-state index contributed by atoms with van der Waals surface area (Å²) in [7, 11) is 1.78. The lowest BCUT2D eigenvalue weighted by Crippen LogP contribution is -2.38. The number of amides is 1. The van der Waals surface area contributed by atoms with Gasteiger partial charge in [0.1, 0.15) is 0 Å². The second-order valence-electron chi connectivity index (χ2n) is 7.04. The first-order valence-corrected chi connectivity index (χ1v) is 10.6.